The van der Waals surface area contributed by atoms with Crippen molar-refractivity contribution in [2.24, 2.45) is 0 Å². The molecule has 92 valence electrons. The monoisotopic (exact) mass is 249 g/mol. The fourth-order valence-electron chi connectivity index (χ4n) is 2.35. The Hall–Kier alpha value is -2.67. The predicted molar refractivity (Wildman–Crippen MR) is 69.0 cm³/mol. The van der Waals surface area contributed by atoms with Gasteiger partial charge in [0.2, 0.25) is 0 Å². The zero-order valence-electron chi connectivity index (χ0n) is 10.2. The highest BCUT2D eigenvalue weighted by Crippen LogP contribution is 2.26. The molecule has 1 aliphatic rings. The van der Waals surface area contributed by atoms with Gasteiger partial charge in [0.25, 0.3) is 5.91 Å². The molecule has 0 N–H and O–H groups in total. The molecule has 0 atom stereocenters. The minimum absolute atomic E-state index is 0.0731. The van der Waals surface area contributed by atoms with Crippen LogP contribution in [0.1, 0.15) is 27.0 Å². The van der Waals surface area contributed by atoms with E-state index in [4.69, 9.17) is 5.26 Å². The lowest BCUT2D eigenvalue weighted by atomic mass is 10.0. The number of pyridine rings is 1. The smallest absolute Gasteiger partial charge is 0.256 e. The second kappa shape index (κ2) is 4.54. The van der Waals surface area contributed by atoms with Gasteiger partial charge in [-0.05, 0) is 23.3 Å². The molecule has 19 heavy (non-hydrogen) atoms. The van der Waals surface area contributed by atoms with Gasteiger partial charge in [-0.15, -0.1) is 0 Å². The number of aromatic nitrogens is 1. The summed E-state index contributed by atoms with van der Waals surface area (Å²) < 4.78 is 0. The summed E-state index contributed by atoms with van der Waals surface area (Å²) in [6.45, 7) is 1.07. The maximum absolute atomic E-state index is 12.3. The SMILES string of the molecule is N#Cc1cccc2c1C(=O)N(Cc1cccnc1)C2. The third kappa shape index (κ3) is 1.95. The first kappa shape index (κ1) is 11.4. The third-order valence-electron chi connectivity index (χ3n) is 3.23. The maximum Gasteiger partial charge on any atom is 0.256 e. The molecule has 0 radical (unpaired) electrons. The van der Waals surface area contributed by atoms with Crippen molar-refractivity contribution >= 4 is 5.91 Å². The van der Waals surface area contributed by atoms with Crippen molar-refractivity contribution in [3.05, 3.63) is 65.0 Å². The van der Waals surface area contributed by atoms with Crippen molar-refractivity contribution in [1.82, 2.24) is 9.88 Å². The van der Waals surface area contributed by atoms with Gasteiger partial charge < -0.3 is 4.90 Å². The van der Waals surface area contributed by atoms with Gasteiger partial charge in [-0.25, -0.2) is 0 Å². The van der Waals surface area contributed by atoms with Crippen LogP contribution in [0.5, 0.6) is 0 Å². The summed E-state index contributed by atoms with van der Waals surface area (Å²) in [6, 6.07) is 11.3. The average molecular weight is 249 g/mol. The molecular weight excluding hydrogens is 238 g/mol. The van der Waals surface area contributed by atoms with E-state index in [1.54, 1.807) is 23.4 Å². The Labute approximate surface area is 110 Å². The molecule has 0 saturated carbocycles. The molecule has 0 unspecified atom stereocenters. The van der Waals surface area contributed by atoms with E-state index in [0.29, 0.717) is 24.2 Å². The normalized spacial score (nSPS) is 13.2. The van der Waals surface area contributed by atoms with Crippen LogP contribution in [0.4, 0.5) is 0 Å². The molecule has 2 heterocycles. The average Bonchev–Trinajstić information content (AvgIpc) is 2.77. The quantitative estimate of drug-likeness (QED) is 0.819. The molecule has 4 nitrogen and oxygen atoms in total. The molecule has 3 rings (SSSR count). The van der Waals surface area contributed by atoms with Crippen LogP contribution in [-0.2, 0) is 13.1 Å². The van der Waals surface area contributed by atoms with Crippen molar-refractivity contribution in [3.63, 3.8) is 0 Å². The molecule has 0 bridgehead atoms. The molecule has 1 amide bonds. The van der Waals surface area contributed by atoms with Crippen molar-refractivity contribution in [2.75, 3.05) is 0 Å². The molecule has 1 aromatic carbocycles. The minimum atomic E-state index is -0.0731. The number of hydrogen-bond donors (Lipinski definition) is 0. The zero-order chi connectivity index (χ0) is 13.2. The number of rotatable bonds is 2. The number of amides is 1. The number of hydrogen-bond acceptors (Lipinski definition) is 3. The largest absolute Gasteiger partial charge is 0.330 e. The van der Waals surface area contributed by atoms with E-state index in [1.165, 1.54) is 0 Å². The highest BCUT2D eigenvalue weighted by atomic mass is 16.2. The van der Waals surface area contributed by atoms with Gasteiger partial charge in [-0.2, -0.15) is 5.26 Å². The van der Waals surface area contributed by atoms with Gasteiger partial charge in [0.15, 0.2) is 0 Å². The van der Waals surface area contributed by atoms with E-state index < -0.39 is 0 Å². The molecule has 4 heteroatoms. The van der Waals surface area contributed by atoms with Crippen LogP contribution in [0.3, 0.4) is 0 Å². The Morgan fingerprint density at radius 3 is 2.95 bits per heavy atom. The zero-order valence-corrected chi connectivity index (χ0v) is 10.2. The molecule has 0 fully saturated rings. The number of carbonyl (C=O) groups is 1. The van der Waals surface area contributed by atoms with Crippen molar-refractivity contribution in [2.45, 2.75) is 13.1 Å². The minimum Gasteiger partial charge on any atom is -0.330 e. The van der Waals surface area contributed by atoms with Crippen molar-refractivity contribution in [3.8, 4) is 6.07 Å². The van der Waals surface area contributed by atoms with Crippen LogP contribution < -0.4 is 0 Å². The van der Waals surface area contributed by atoms with E-state index in [2.05, 4.69) is 11.1 Å². The Bertz CT molecular complexity index is 674. The first-order valence-electron chi connectivity index (χ1n) is 6.00. The van der Waals surface area contributed by atoms with Crippen molar-refractivity contribution in [1.29, 1.82) is 5.26 Å². The van der Waals surface area contributed by atoms with Gasteiger partial charge in [-0.1, -0.05) is 18.2 Å². The van der Waals surface area contributed by atoms with Crippen LogP contribution in [-0.4, -0.2) is 15.8 Å². The Morgan fingerprint density at radius 1 is 1.32 bits per heavy atom. The second-order valence-electron chi connectivity index (χ2n) is 4.47. The number of carbonyl (C=O) groups excluding carboxylic acids is 1. The van der Waals surface area contributed by atoms with Crippen LogP contribution >= 0.6 is 0 Å². The summed E-state index contributed by atoms with van der Waals surface area (Å²) in [5, 5.41) is 9.06. The molecule has 0 aliphatic carbocycles. The summed E-state index contributed by atoms with van der Waals surface area (Å²) in [7, 11) is 0. The lowest BCUT2D eigenvalue weighted by Crippen LogP contribution is -2.23. The Balaban J connectivity index is 1.90. The Kier molecular flexibility index (Phi) is 2.73. The van der Waals surface area contributed by atoms with E-state index in [-0.39, 0.29) is 5.91 Å². The van der Waals surface area contributed by atoms with E-state index in [0.717, 1.165) is 11.1 Å². The molecule has 2 aromatic rings. The van der Waals surface area contributed by atoms with Crippen LogP contribution in [0.2, 0.25) is 0 Å². The first-order valence-corrected chi connectivity index (χ1v) is 6.00. The van der Waals surface area contributed by atoms with E-state index in [9.17, 15) is 4.79 Å². The van der Waals surface area contributed by atoms with E-state index in [1.807, 2.05) is 24.3 Å². The van der Waals surface area contributed by atoms with E-state index >= 15 is 0 Å². The fraction of sp³-hybridized carbons (Fsp3) is 0.133. The first-order chi connectivity index (χ1) is 9.29. The van der Waals surface area contributed by atoms with Crippen molar-refractivity contribution < 1.29 is 4.79 Å². The number of benzene rings is 1. The van der Waals surface area contributed by atoms with Crippen LogP contribution in [0, 0.1) is 11.3 Å². The number of nitriles is 1. The standard InChI is InChI=1S/C15H11N3O/c16-7-12-4-1-5-13-10-18(15(19)14(12)13)9-11-3-2-6-17-8-11/h1-6,8H,9-10H2. The Morgan fingerprint density at radius 2 is 2.21 bits per heavy atom. The molecule has 0 saturated heterocycles. The maximum atomic E-state index is 12.3. The lowest BCUT2D eigenvalue weighted by Gasteiger charge is -2.15. The summed E-state index contributed by atoms with van der Waals surface area (Å²) in [6.07, 6.45) is 3.46. The molecule has 1 aromatic heterocycles. The third-order valence-corrected chi connectivity index (χ3v) is 3.23. The lowest BCUT2D eigenvalue weighted by molar-refractivity contribution is 0.0766. The van der Waals surface area contributed by atoms with Gasteiger partial charge in [0.05, 0.1) is 17.2 Å². The highest BCUT2D eigenvalue weighted by Gasteiger charge is 2.29. The molecule has 1 aliphatic heterocycles. The summed E-state index contributed by atoms with van der Waals surface area (Å²) in [4.78, 5) is 18.1. The predicted octanol–water partition coefficient (Wildman–Crippen LogP) is 2.11. The van der Waals surface area contributed by atoms with Crippen LogP contribution in [0.25, 0.3) is 0 Å². The van der Waals surface area contributed by atoms with Gasteiger partial charge in [0.1, 0.15) is 0 Å². The van der Waals surface area contributed by atoms with Gasteiger partial charge in [0, 0.05) is 25.5 Å². The summed E-state index contributed by atoms with van der Waals surface area (Å²) in [5.74, 6) is -0.0731. The van der Waals surface area contributed by atoms with Crippen LogP contribution in [0.15, 0.2) is 42.7 Å². The fourth-order valence-corrected chi connectivity index (χ4v) is 2.35. The summed E-state index contributed by atoms with van der Waals surface area (Å²) >= 11 is 0. The van der Waals surface area contributed by atoms with Gasteiger partial charge in [-0.3, -0.25) is 9.78 Å². The second-order valence-corrected chi connectivity index (χ2v) is 4.47. The molecule has 0 spiro atoms. The molecular formula is C15H11N3O. The summed E-state index contributed by atoms with van der Waals surface area (Å²) in [5.41, 5.74) is 2.92. The topological polar surface area (TPSA) is 57.0 Å². The number of nitrogens with zero attached hydrogens (tertiary/aromatic N) is 3. The highest BCUT2D eigenvalue weighted by molar-refractivity contribution is 6.00. The van der Waals surface area contributed by atoms with Gasteiger partial charge >= 0.3 is 0 Å². The number of fused-ring (bicyclic) bond motifs is 1.